The molecule has 0 fully saturated rings. The molecule has 0 amide bonds. The first-order valence-corrected chi connectivity index (χ1v) is 3.35. The Kier molecular flexibility index (Phi) is 0.556. The van der Waals surface area contributed by atoms with E-state index in [1.807, 2.05) is 0 Å². The van der Waals surface area contributed by atoms with Gasteiger partial charge in [-0.25, -0.2) is 4.98 Å². The SMILES string of the molecule is [2H]c1nc2c(Br)c([2H])c([2H])c([2H])n2c1[2H]. The summed E-state index contributed by atoms with van der Waals surface area (Å²) in [5.74, 6) is 0. The van der Waals surface area contributed by atoms with E-state index < -0.39 is 0 Å². The molecule has 0 bridgehead atoms. The number of imidazole rings is 1. The number of hydrogen-bond acceptors (Lipinski definition) is 1. The Bertz CT molecular complexity index is 564. The molecule has 50 valence electrons. The first-order valence-electron chi connectivity index (χ1n) is 5.06. The summed E-state index contributed by atoms with van der Waals surface area (Å²) in [6.45, 7) is 0. The lowest BCUT2D eigenvalue weighted by molar-refractivity contribution is 1.18. The largest absolute Gasteiger partial charge is 0.306 e. The zero-order valence-corrected chi connectivity index (χ0v) is 6.36. The Morgan fingerprint density at radius 3 is 3.40 bits per heavy atom. The highest BCUT2D eigenvalue weighted by Gasteiger charge is 1.95. The Balaban J connectivity index is 3.07. The summed E-state index contributed by atoms with van der Waals surface area (Å²) in [4.78, 5) is 3.75. The molecule has 3 heteroatoms. The van der Waals surface area contributed by atoms with Gasteiger partial charge in [0.1, 0.15) is 0 Å². The second-order valence-electron chi connectivity index (χ2n) is 1.67. The Morgan fingerprint density at radius 1 is 1.60 bits per heavy atom. The van der Waals surface area contributed by atoms with Crippen LogP contribution in [0.1, 0.15) is 6.85 Å². The van der Waals surface area contributed by atoms with Gasteiger partial charge in [0, 0.05) is 18.5 Å². The minimum atomic E-state index is -0.297. The molecule has 0 spiro atoms. The number of aromatic nitrogens is 2. The van der Waals surface area contributed by atoms with Crippen molar-refractivity contribution in [3.8, 4) is 0 Å². The van der Waals surface area contributed by atoms with Gasteiger partial charge < -0.3 is 4.40 Å². The molecule has 2 rings (SSSR count). The number of pyridine rings is 1. The Morgan fingerprint density at radius 2 is 2.50 bits per heavy atom. The van der Waals surface area contributed by atoms with Gasteiger partial charge >= 0.3 is 0 Å². The summed E-state index contributed by atoms with van der Waals surface area (Å²) in [5, 5.41) is 0. The maximum absolute atomic E-state index is 7.57. The van der Waals surface area contributed by atoms with Crippen molar-refractivity contribution in [2.45, 2.75) is 0 Å². The fraction of sp³-hybridized carbons (Fsp3) is 0. The highest BCUT2D eigenvalue weighted by Crippen LogP contribution is 2.14. The van der Waals surface area contributed by atoms with E-state index >= 15 is 0 Å². The monoisotopic (exact) mass is 201 g/mol. The standard InChI is InChI=1S/C7H5BrN2/c8-6-2-1-4-10-5-3-9-7(6)10/h1-5H/i1D,2D,3D,4D,5D. The molecular weight excluding hydrogens is 192 g/mol. The highest BCUT2D eigenvalue weighted by molar-refractivity contribution is 9.10. The summed E-state index contributed by atoms with van der Waals surface area (Å²) in [7, 11) is 0. The molecule has 2 aromatic rings. The molecule has 0 radical (unpaired) electrons. The molecule has 0 atom stereocenters. The van der Waals surface area contributed by atoms with E-state index in [1.54, 1.807) is 0 Å². The highest BCUT2D eigenvalue weighted by atomic mass is 79.9. The van der Waals surface area contributed by atoms with Gasteiger partial charge in [-0.3, -0.25) is 0 Å². The summed E-state index contributed by atoms with van der Waals surface area (Å²) in [5.41, 5.74) is 0.163. The summed E-state index contributed by atoms with van der Waals surface area (Å²) < 4.78 is 38.7. The predicted molar refractivity (Wildman–Crippen MR) is 42.9 cm³/mol. The molecule has 0 saturated heterocycles. The van der Waals surface area contributed by atoms with Gasteiger partial charge in [-0.1, -0.05) is 0 Å². The van der Waals surface area contributed by atoms with Gasteiger partial charge in [0.2, 0.25) is 0 Å². The lowest BCUT2D eigenvalue weighted by atomic mass is 10.5. The lowest BCUT2D eigenvalue weighted by Gasteiger charge is -1.92. The third kappa shape index (κ3) is 0.743. The molecule has 2 nitrogen and oxygen atoms in total. The third-order valence-corrected chi connectivity index (χ3v) is 1.62. The molecule has 0 unspecified atom stereocenters. The molecule has 0 saturated carbocycles. The summed E-state index contributed by atoms with van der Waals surface area (Å²) in [6.07, 6.45) is -0.812. The first-order chi connectivity index (χ1) is 6.95. The van der Waals surface area contributed by atoms with Crippen molar-refractivity contribution in [3.63, 3.8) is 0 Å². The van der Waals surface area contributed by atoms with Crippen LogP contribution in [0.2, 0.25) is 0 Å². The Hall–Kier alpha value is -0.830. The third-order valence-electron chi connectivity index (χ3n) is 1.07. The van der Waals surface area contributed by atoms with Crippen molar-refractivity contribution in [1.82, 2.24) is 9.38 Å². The van der Waals surface area contributed by atoms with Crippen LogP contribution in [0.15, 0.2) is 35.1 Å². The number of fused-ring (bicyclic) bond motifs is 1. The zero-order chi connectivity index (χ0) is 11.3. The van der Waals surface area contributed by atoms with Crippen molar-refractivity contribution >= 4 is 21.6 Å². The molecular formula is C7H5BrN2. The van der Waals surface area contributed by atoms with E-state index in [1.165, 1.54) is 0 Å². The van der Waals surface area contributed by atoms with E-state index in [0.29, 0.717) is 0 Å². The van der Waals surface area contributed by atoms with Gasteiger partial charge in [0.05, 0.1) is 11.3 Å². The first kappa shape index (κ1) is 2.66. The van der Waals surface area contributed by atoms with E-state index in [-0.39, 0.29) is 40.7 Å². The number of halogens is 1. The van der Waals surface area contributed by atoms with Crippen LogP contribution >= 0.6 is 15.9 Å². The fourth-order valence-electron chi connectivity index (χ4n) is 0.654. The predicted octanol–water partition coefficient (Wildman–Crippen LogP) is 2.10. The van der Waals surface area contributed by atoms with Crippen LogP contribution in [-0.4, -0.2) is 9.38 Å². The molecule has 0 aliphatic rings. The van der Waals surface area contributed by atoms with Crippen molar-refractivity contribution in [2.24, 2.45) is 0 Å². The number of rotatable bonds is 0. The summed E-state index contributed by atoms with van der Waals surface area (Å²) in [6, 6.07) is -0.447. The van der Waals surface area contributed by atoms with Crippen molar-refractivity contribution in [3.05, 3.63) is 35.1 Å². The molecule has 0 aliphatic carbocycles. The normalized spacial score (nSPS) is 17.5. The minimum Gasteiger partial charge on any atom is -0.306 e. The molecule has 0 aliphatic heterocycles. The molecule has 2 aromatic heterocycles. The number of nitrogens with zero attached hydrogens (tertiary/aromatic N) is 2. The van der Waals surface area contributed by atoms with E-state index in [4.69, 9.17) is 6.85 Å². The van der Waals surface area contributed by atoms with Gasteiger partial charge in [0.15, 0.2) is 5.65 Å². The van der Waals surface area contributed by atoms with E-state index in [0.717, 1.165) is 4.40 Å². The van der Waals surface area contributed by atoms with Gasteiger partial charge in [-0.2, -0.15) is 0 Å². The molecule has 0 N–H and O–H groups in total. The quantitative estimate of drug-likeness (QED) is 0.639. The smallest absolute Gasteiger partial charge is 0.151 e. The van der Waals surface area contributed by atoms with Crippen molar-refractivity contribution < 1.29 is 6.85 Å². The second kappa shape index (κ2) is 2.09. The average molecular weight is 202 g/mol. The maximum Gasteiger partial charge on any atom is 0.151 e. The Labute approximate surface area is 73.7 Å². The lowest BCUT2D eigenvalue weighted by Crippen LogP contribution is -1.80. The summed E-state index contributed by atoms with van der Waals surface area (Å²) >= 11 is 3.07. The van der Waals surface area contributed by atoms with Crippen LogP contribution < -0.4 is 0 Å². The molecule has 10 heavy (non-hydrogen) atoms. The number of hydrogen-bond donors (Lipinski definition) is 0. The van der Waals surface area contributed by atoms with E-state index in [9.17, 15) is 0 Å². The van der Waals surface area contributed by atoms with Crippen LogP contribution in [0.25, 0.3) is 5.65 Å². The average Bonchev–Trinajstić information content (AvgIpc) is 2.50. The van der Waals surface area contributed by atoms with E-state index in [2.05, 4.69) is 20.9 Å². The van der Waals surface area contributed by atoms with Crippen LogP contribution in [0.4, 0.5) is 0 Å². The van der Waals surface area contributed by atoms with Crippen molar-refractivity contribution in [1.29, 1.82) is 0 Å². The van der Waals surface area contributed by atoms with Gasteiger partial charge in [-0.15, -0.1) is 0 Å². The van der Waals surface area contributed by atoms with Crippen LogP contribution in [0, 0.1) is 0 Å². The van der Waals surface area contributed by atoms with Crippen LogP contribution in [0.5, 0.6) is 0 Å². The van der Waals surface area contributed by atoms with Gasteiger partial charge in [0.25, 0.3) is 0 Å². The minimum absolute atomic E-state index is 0.155. The van der Waals surface area contributed by atoms with Crippen LogP contribution in [-0.2, 0) is 0 Å². The zero-order valence-electron chi connectivity index (χ0n) is 9.77. The maximum atomic E-state index is 7.57. The molecule has 2 heterocycles. The molecule has 0 aromatic carbocycles. The van der Waals surface area contributed by atoms with Crippen molar-refractivity contribution in [2.75, 3.05) is 0 Å². The van der Waals surface area contributed by atoms with Crippen LogP contribution in [0.3, 0.4) is 0 Å². The fourth-order valence-corrected chi connectivity index (χ4v) is 1.02. The van der Waals surface area contributed by atoms with Gasteiger partial charge in [-0.05, 0) is 28.0 Å². The topological polar surface area (TPSA) is 17.3 Å². The second-order valence-corrected chi connectivity index (χ2v) is 2.46.